The van der Waals surface area contributed by atoms with Crippen molar-refractivity contribution in [3.05, 3.63) is 99.1 Å². The van der Waals surface area contributed by atoms with E-state index in [0.717, 1.165) is 22.2 Å². The van der Waals surface area contributed by atoms with E-state index in [0.29, 0.717) is 22.4 Å². The van der Waals surface area contributed by atoms with Gasteiger partial charge < -0.3 is 5.73 Å². The third-order valence-electron chi connectivity index (χ3n) is 3.91. The third-order valence-corrected chi connectivity index (χ3v) is 4.71. The number of hydrogen-bond donors (Lipinski definition) is 1. The maximum Gasteiger partial charge on any atom is 0.286 e. The molecule has 5 nitrogen and oxygen atoms in total. The molecule has 146 valence electrons. The number of anilines is 1. The lowest BCUT2D eigenvalue weighted by atomic mass is 10.1. The van der Waals surface area contributed by atoms with E-state index in [2.05, 4.69) is 23.7 Å². The molecule has 30 heavy (non-hydrogen) atoms. The van der Waals surface area contributed by atoms with Crippen LogP contribution >= 0.6 is 11.8 Å². The lowest BCUT2D eigenvalue weighted by Gasteiger charge is -1.98. The summed E-state index contributed by atoms with van der Waals surface area (Å²) in [4.78, 5) is 23.0. The molecule has 3 aromatic carbocycles. The fraction of sp³-hybridized carbons (Fsp3) is 0.0417. The largest absolute Gasteiger partial charge is 0.399 e. The van der Waals surface area contributed by atoms with Gasteiger partial charge in [-0.3, -0.25) is 14.9 Å². The average molecular weight is 412 g/mol. The molecule has 0 amide bonds. The smallest absolute Gasteiger partial charge is 0.286 e. The average Bonchev–Trinajstić information content (AvgIpc) is 2.72. The quantitative estimate of drug-likeness (QED) is 0.218. The Morgan fingerprint density at radius 1 is 0.867 bits per heavy atom. The Morgan fingerprint density at radius 3 is 2.00 bits per heavy atom. The van der Waals surface area contributed by atoms with Crippen molar-refractivity contribution >= 4 is 28.3 Å². The normalized spacial score (nSPS) is 9.63. The first kappa shape index (κ1) is 20.7. The maximum atomic E-state index is 11.5. The Kier molecular flexibility index (Phi) is 6.54. The summed E-state index contributed by atoms with van der Waals surface area (Å²) in [7, 11) is 0. The van der Waals surface area contributed by atoms with Gasteiger partial charge in [-0.1, -0.05) is 35.4 Å². The first-order valence-corrected chi connectivity index (χ1v) is 9.69. The topological polar surface area (TPSA) is 86.2 Å². The summed E-state index contributed by atoms with van der Waals surface area (Å²) in [5, 5.41) is 11.5. The van der Waals surface area contributed by atoms with Crippen molar-refractivity contribution in [3.63, 3.8) is 0 Å². The monoisotopic (exact) mass is 412 g/mol. The highest BCUT2D eigenvalue weighted by atomic mass is 32.2. The lowest BCUT2D eigenvalue weighted by molar-refractivity contribution is -0.385. The Morgan fingerprint density at radius 2 is 1.40 bits per heavy atom. The molecule has 0 fully saturated rings. The van der Waals surface area contributed by atoms with Crippen LogP contribution < -0.4 is 5.73 Å². The second-order valence-corrected chi connectivity index (χ2v) is 7.48. The molecule has 0 saturated carbocycles. The number of nitro benzene ring substituents is 1. The standard InChI is InChI=1S/C24H16N2O3S/c1-17(27)30-23-14-8-19(9-15-23)4-10-21-11-5-20(16-24(21)26(28)29)3-2-18-6-12-22(25)13-7-18/h5-9,11-16H,25H2,1H3. The fourth-order valence-corrected chi connectivity index (χ4v) is 3.09. The summed E-state index contributed by atoms with van der Waals surface area (Å²) in [5.41, 5.74) is 8.49. The van der Waals surface area contributed by atoms with Crippen molar-refractivity contribution in [1.82, 2.24) is 0 Å². The maximum absolute atomic E-state index is 11.5. The predicted octanol–water partition coefficient (Wildman–Crippen LogP) is 4.62. The van der Waals surface area contributed by atoms with Crippen LogP contribution in [0.4, 0.5) is 11.4 Å². The van der Waals surface area contributed by atoms with E-state index in [1.807, 2.05) is 0 Å². The molecule has 0 radical (unpaired) electrons. The van der Waals surface area contributed by atoms with Gasteiger partial charge >= 0.3 is 0 Å². The molecular formula is C24H16N2O3S. The van der Waals surface area contributed by atoms with E-state index in [1.54, 1.807) is 60.7 Å². The second kappa shape index (κ2) is 9.47. The first-order valence-electron chi connectivity index (χ1n) is 8.87. The zero-order valence-electron chi connectivity index (χ0n) is 16.0. The van der Waals surface area contributed by atoms with Crippen LogP contribution in [0.3, 0.4) is 0 Å². The zero-order valence-corrected chi connectivity index (χ0v) is 16.8. The lowest BCUT2D eigenvalue weighted by Crippen LogP contribution is -1.93. The number of thioether (sulfide) groups is 1. The number of carbonyl (C=O) groups excluding carboxylic acids is 1. The summed E-state index contributed by atoms with van der Waals surface area (Å²) in [6, 6.07) is 18.9. The molecule has 3 aromatic rings. The number of hydrogen-bond acceptors (Lipinski definition) is 5. The Bertz CT molecular complexity index is 1230. The van der Waals surface area contributed by atoms with Crippen LogP contribution in [0.25, 0.3) is 0 Å². The van der Waals surface area contributed by atoms with E-state index < -0.39 is 4.92 Å². The Labute approximate surface area is 178 Å². The Hall–Kier alpha value is -4.00. The molecular weight excluding hydrogens is 396 g/mol. The van der Waals surface area contributed by atoms with Crippen LogP contribution in [0.15, 0.2) is 71.6 Å². The van der Waals surface area contributed by atoms with Crippen molar-refractivity contribution < 1.29 is 9.72 Å². The van der Waals surface area contributed by atoms with Crippen molar-refractivity contribution in [3.8, 4) is 23.7 Å². The zero-order chi connectivity index (χ0) is 21.5. The molecule has 0 heterocycles. The number of nitrogens with zero attached hydrogens (tertiary/aromatic N) is 1. The van der Waals surface area contributed by atoms with Gasteiger partial charge in [0.15, 0.2) is 5.12 Å². The number of nitrogen functional groups attached to an aromatic ring is 1. The van der Waals surface area contributed by atoms with Gasteiger partial charge in [0.05, 0.1) is 4.92 Å². The molecule has 0 aliphatic rings. The fourth-order valence-electron chi connectivity index (χ4n) is 2.49. The highest BCUT2D eigenvalue weighted by Crippen LogP contribution is 2.21. The molecule has 0 atom stereocenters. The first-order chi connectivity index (χ1) is 14.4. The van der Waals surface area contributed by atoms with Crippen LogP contribution in [0.1, 0.15) is 29.2 Å². The van der Waals surface area contributed by atoms with E-state index in [1.165, 1.54) is 13.0 Å². The van der Waals surface area contributed by atoms with Gasteiger partial charge in [0, 0.05) is 40.3 Å². The summed E-state index contributed by atoms with van der Waals surface area (Å²) in [5.74, 6) is 11.7. The van der Waals surface area contributed by atoms with Gasteiger partial charge in [-0.15, -0.1) is 0 Å². The highest BCUT2D eigenvalue weighted by molar-refractivity contribution is 8.13. The molecule has 3 rings (SSSR count). The molecule has 0 unspecified atom stereocenters. The van der Waals surface area contributed by atoms with Crippen LogP contribution in [0.2, 0.25) is 0 Å². The summed E-state index contributed by atoms with van der Waals surface area (Å²) in [6.45, 7) is 1.50. The van der Waals surface area contributed by atoms with Gasteiger partial charge in [0.2, 0.25) is 0 Å². The van der Waals surface area contributed by atoms with Crippen LogP contribution in [-0.2, 0) is 4.79 Å². The molecule has 6 heteroatoms. The van der Waals surface area contributed by atoms with E-state index >= 15 is 0 Å². The molecule has 2 N–H and O–H groups in total. The Balaban J connectivity index is 1.85. The van der Waals surface area contributed by atoms with Gasteiger partial charge in [-0.25, -0.2) is 0 Å². The van der Waals surface area contributed by atoms with E-state index in [-0.39, 0.29) is 10.8 Å². The number of nitrogens with two attached hydrogens (primary N) is 1. The van der Waals surface area contributed by atoms with Gasteiger partial charge in [-0.2, -0.15) is 0 Å². The molecule has 0 spiro atoms. The SMILES string of the molecule is CC(=O)Sc1ccc(C#Cc2ccc(C#Cc3ccc(N)cc3)cc2[N+](=O)[O-])cc1. The molecule has 0 bridgehead atoms. The highest BCUT2D eigenvalue weighted by Gasteiger charge is 2.12. The van der Waals surface area contributed by atoms with Crippen molar-refractivity contribution in [2.24, 2.45) is 0 Å². The van der Waals surface area contributed by atoms with Crippen LogP contribution in [0.5, 0.6) is 0 Å². The summed E-state index contributed by atoms with van der Waals surface area (Å²) < 4.78 is 0. The molecule has 0 aliphatic carbocycles. The molecule has 0 aliphatic heterocycles. The minimum atomic E-state index is -0.467. The summed E-state index contributed by atoms with van der Waals surface area (Å²) >= 11 is 1.14. The van der Waals surface area contributed by atoms with Crippen molar-refractivity contribution in [2.75, 3.05) is 5.73 Å². The van der Waals surface area contributed by atoms with Gasteiger partial charge in [0.1, 0.15) is 5.56 Å². The van der Waals surface area contributed by atoms with Gasteiger partial charge in [-0.05, 0) is 60.7 Å². The number of carbonyl (C=O) groups is 1. The number of rotatable bonds is 2. The van der Waals surface area contributed by atoms with E-state index in [4.69, 9.17) is 5.73 Å². The minimum Gasteiger partial charge on any atom is -0.399 e. The second-order valence-electron chi connectivity index (χ2n) is 6.23. The third kappa shape index (κ3) is 5.75. The molecule has 0 saturated heterocycles. The van der Waals surface area contributed by atoms with Crippen molar-refractivity contribution in [1.29, 1.82) is 0 Å². The number of benzene rings is 3. The van der Waals surface area contributed by atoms with Crippen LogP contribution in [0, 0.1) is 33.8 Å². The minimum absolute atomic E-state index is 0.00374. The van der Waals surface area contributed by atoms with Gasteiger partial charge in [0.25, 0.3) is 5.69 Å². The van der Waals surface area contributed by atoms with E-state index in [9.17, 15) is 14.9 Å². The number of nitro groups is 1. The van der Waals surface area contributed by atoms with Crippen molar-refractivity contribution in [2.45, 2.75) is 11.8 Å². The van der Waals surface area contributed by atoms with Crippen LogP contribution in [-0.4, -0.2) is 10.0 Å². The predicted molar refractivity (Wildman–Crippen MR) is 119 cm³/mol. The summed E-state index contributed by atoms with van der Waals surface area (Å²) in [6.07, 6.45) is 0. The molecule has 0 aromatic heterocycles.